The van der Waals surface area contributed by atoms with Crippen LogP contribution in [0.5, 0.6) is 5.75 Å². The van der Waals surface area contributed by atoms with E-state index in [2.05, 4.69) is 5.10 Å². The molecule has 0 unspecified atom stereocenters. The number of amides is 1. The third-order valence-corrected chi connectivity index (χ3v) is 3.19. The molecule has 2 aromatic rings. The van der Waals surface area contributed by atoms with Crippen molar-refractivity contribution in [2.75, 3.05) is 13.7 Å². The van der Waals surface area contributed by atoms with Gasteiger partial charge in [-0.25, -0.2) is 0 Å². The molecule has 0 aliphatic heterocycles. The van der Waals surface area contributed by atoms with Crippen LogP contribution < -0.4 is 4.74 Å². The van der Waals surface area contributed by atoms with Crippen molar-refractivity contribution in [1.82, 2.24) is 14.7 Å². The largest absolute Gasteiger partial charge is 0.493 e. The van der Waals surface area contributed by atoms with Crippen LogP contribution in [0.2, 0.25) is 0 Å². The van der Waals surface area contributed by atoms with Gasteiger partial charge >= 0.3 is 0 Å². The lowest BCUT2D eigenvalue weighted by Crippen LogP contribution is -2.26. The van der Waals surface area contributed by atoms with Crippen LogP contribution in [-0.2, 0) is 13.1 Å². The van der Waals surface area contributed by atoms with E-state index in [-0.39, 0.29) is 5.91 Å². The van der Waals surface area contributed by atoms with Crippen molar-refractivity contribution in [1.29, 1.82) is 0 Å². The Labute approximate surface area is 125 Å². The molecular weight excluding hydrogens is 266 g/mol. The molecule has 2 rings (SSSR count). The van der Waals surface area contributed by atoms with Crippen molar-refractivity contribution in [3.63, 3.8) is 0 Å². The lowest BCUT2D eigenvalue weighted by Gasteiger charge is -2.18. The van der Waals surface area contributed by atoms with Gasteiger partial charge in [0.2, 0.25) is 0 Å². The second-order valence-corrected chi connectivity index (χ2v) is 4.79. The summed E-state index contributed by atoms with van der Waals surface area (Å²) in [5, 5.41) is 4.22. The Hall–Kier alpha value is -2.30. The second kappa shape index (κ2) is 6.92. The van der Waals surface area contributed by atoms with Crippen LogP contribution in [0.3, 0.4) is 0 Å². The van der Waals surface area contributed by atoms with Gasteiger partial charge in [0.15, 0.2) is 0 Å². The zero-order valence-corrected chi connectivity index (χ0v) is 12.7. The number of ether oxygens (including phenoxy) is 1. The first kappa shape index (κ1) is 15.1. The van der Waals surface area contributed by atoms with Crippen molar-refractivity contribution in [3.8, 4) is 5.75 Å². The monoisotopic (exact) mass is 287 g/mol. The molecule has 0 atom stereocenters. The Morgan fingerprint density at radius 3 is 2.76 bits per heavy atom. The highest BCUT2D eigenvalue weighted by Gasteiger charge is 2.17. The Kier molecular flexibility index (Phi) is 4.98. The summed E-state index contributed by atoms with van der Waals surface area (Å²) in [4.78, 5) is 14.2. The van der Waals surface area contributed by atoms with E-state index in [4.69, 9.17) is 4.74 Å². The molecule has 0 bridgehead atoms. The first-order valence-electron chi connectivity index (χ1n) is 7.14. The number of benzene rings is 1. The van der Waals surface area contributed by atoms with Crippen LogP contribution >= 0.6 is 0 Å². The van der Waals surface area contributed by atoms with Crippen molar-refractivity contribution in [2.24, 2.45) is 0 Å². The van der Waals surface area contributed by atoms with E-state index in [9.17, 15) is 4.79 Å². The summed E-state index contributed by atoms with van der Waals surface area (Å²) in [5.41, 5.74) is 1.60. The molecule has 5 heteroatoms. The van der Waals surface area contributed by atoms with Crippen LogP contribution in [0.15, 0.2) is 36.7 Å². The maximum absolute atomic E-state index is 12.5. The molecule has 21 heavy (non-hydrogen) atoms. The fourth-order valence-corrected chi connectivity index (χ4v) is 2.14. The van der Waals surface area contributed by atoms with E-state index in [1.54, 1.807) is 24.2 Å². The van der Waals surface area contributed by atoms with Crippen LogP contribution in [0.25, 0.3) is 0 Å². The van der Waals surface area contributed by atoms with Gasteiger partial charge in [-0.1, -0.05) is 12.1 Å². The minimum Gasteiger partial charge on any atom is -0.493 e. The highest BCUT2D eigenvalue weighted by molar-refractivity contribution is 5.96. The van der Waals surface area contributed by atoms with Gasteiger partial charge < -0.3 is 9.64 Å². The smallest absolute Gasteiger partial charge is 0.257 e. The standard InChI is InChI=1S/C16H21N3O2/c1-4-19-12-13(10-17-19)11-18(3)16(20)14-8-6-7-9-15(14)21-5-2/h6-10,12H,4-5,11H2,1-3H3. The van der Waals surface area contributed by atoms with Gasteiger partial charge in [0.1, 0.15) is 5.75 Å². The lowest BCUT2D eigenvalue weighted by atomic mass is 10.1. The van der Waals surface area contributed by atoms with Gasteiger partial charge in [0.05, 0.1) is 18.4 Å². The molecule has 0 saturated carbocycles. The molecule has 1 aromatic heterocycles. The van der Waals surface area contributed by atoms with E-state index >= 15 is 0 Å². The van der Waals surface area contributed by atoms with Gasteiger partial charge in [-0.05, 0) is 26.0 Å². The number of aromatic nitrogens is 2. The topological polar surface area (TPSA) is 47.4 Å². The second-order valence-electron chi connectivity index (χ2n) is 4.79. The summed E-state index contributed by atoms with van der Waals surface area (Å²) < 4.78 is 7.37. The summed E-state index contributed by atoms with van der Waals surface area (Å²) in [6.07, 6.45) is 3.75. The van der Waals surface area contributed by atoms with E-state index in [1.165, 1.54) is 0 Å². The van der Waals surface area contributed by atoms with Crippen molar-refractivity contribution < 1.29 is 9.53 Å². The van der Waals surface area contributed by atoms with E-state index in [1.807, 2.05) is 42.9 Å². The Bertz CT molecular complexity index is 607. The van der Waals surface area contributed by atoms with Gasteiger partial charge in [0, 0.05) is 31.9 Å². The normalized spacial score (nSPS) is 10.4. The summed E-state index contributed by atoms with van der Waals surface area (Å²) in [6.45, 7) is 5.83. The average molecular weight is 287 g/mol. The highest BCUT2D eigenvalue weighted by atomic mass is 16.5. The van der Waals surface area contributed by atoms with E-state index in [0.29, 0.717) is 24.5 Å². The SMILES string of the molecule is CCOc1ccccc1C(=O)N(C)Cc1cnn(CC)c1. The predicted octanol–water partition coefficient (Wildman–Crippen LogP) is 2.57. The Balaban J connectivity index is 2.11. The maximum Gasteiger partial charge on any atom is 0.257 e. The van der Waals surface area contributed by atoms with Gasteiger partial charge in [-0.3, -0.25) is 9.48 Å². The molecule has 112 valence electrons. The molecule has 1 amide bonds. The summed E-state index contributed by atoms with van der Waals surface area (Å²) in [6, 6.07) is 7.32. The number of hydrogen-bond donors (Lipinski definition) is 0. The average Bonchev–Trinajstić information content (AvgIpc) is 2.95. The molecule has 1 heterocycles. The fourth-order valence-electron chi connectivity index (χ4n) is 2.14. The number of nitrogens with zero attached hydrogens (tertiary/aromatic N) is 3. The van der Waals surface area contributed by atoms with Gasteiger partial charge in [-0.15, -0.1) is 0 Å². The highest BCUT2D eigenvalue weighted by Crippen LogP contribution is 2.20. The van der Waals surface area contributed by atoms with Crippen LogP contribution in [-0.4, -0.2) is 34.2 Å². The molecule has 0 fully saturated rings. The molecule has 5 nitrogen and oxygen atoms in total. The summed E-state index contributed by atoms with van der Waals surface area (Å²) >= 11 is 0. The minimum atomic E-state index is -0.0525. The summed E-state index contributed by atoms with van der Waals surface area (Å²) in [7, 11) is 1.79. The van der Waals surface area contributed by atoms with Crippen LogP contribution in [0.4, 0.5) is 0 Å². The molecule has 0 N–H and O–H groups in total. The van der Waals surface area contributed by atoms with Crippen molar-refractivity contribution in [2.45, 2.75) is 26.9 Å². The number of rotatable bonds is 6. The molecular formula is C16H21N3O2. The number of hydrogen-bond acceptors (Lipinski definition) is 3. The van der Waals surface area contributed by atoms with Crippen molar-refractivity contribution in [3.05, 3.63) is 47.8 Å². The number of aryl methyl sites for hydroxylation is 1. The fraction of sp³-hybridized carbons (Fsp3) is 0.375. The predicted molar refractivity (Wildman–Crippen MR) is 81.3 cm³/mol. The van der Waals surface area contributed by atoms with E-state index < -0.39 is 0 Å². The van der Waals surface area contributed by atoms with Crippen LogP contribution in [0.1, 0.15) is 29.8 Å². The number of para-hydroxylation sites is 1. The number of carbonyl (C=O) groups is 1. The van der Waals surface area contributed by atoms with Gasteiger partial charge in [0.25, 0.3) is 5.91 Å². The minimum absolute atomic E-state index is 0.0525. The van der Waals surface area contributed by atoms with Crippen molar-refractivity contribution >= 4 is 5.91 Å². The Morgan fingerprint density at radius 2 is 2.10 bits per heavy atom. The molecule has 1 aromatic carbocycles. The quantitative estimate of drug-likeness (QED) is 0.820. The molecule has 0 aliphatic carbocycles. The van der Waals surface area contributed by atoms with Gasteiger partial charge in [-0.2, -0.15) is 5.10 Å². The third kappa shape index (κ3) is 3.62. The van der Waals surface area contributed by atoms with Crippen LogP contribution in [0, 0.1) is 0 Å². The lowest BCUT2D eigenvalue weighted by molar-refractivity contribution is 0.0781. The first-order chi connectivity index (χ1) is 10.2. The molecule has 0 aliphatic rings. The zero-order valence-electron chi connectivity index (χ0n) is 12.7. The molecule has 0 saturated heterocycles. The molecule has 0 radical (unpaired) electrons. The zero-order chi connectivity index (χ0) is 15.2. The maximum atomic E-state index is 12.5. The molecule has 0 spiro atoms. The third-order valence-electron chi connectivity index (χ3n) is 3.19. The number of carbonyl (C=O) groups excluding carboxylic acids is 1. The first-order valence-corrected chi connectivity index (χ1v) is 7.14. The summed E-state index contributed by atoms with van der Waals surface area (Å²) in [5.74, 6) is 0.574. The van der Waals surface area contributed by atoms with E-state index in [0.717, 1.165) is 12.1 Å². The Morgan fingerprint density at radius 1 is 1.33 bits per heavy atom.